The minimum absolute atomic E-state index is 0.0448. The van der Waals surface area contributed by atoms with Gasteiger partial charge in [0, 0.05) is 23.5 Å². The number of esters is 1. The van der Waals surface area contributed by atoms with Crippen LogP contribution in [0.3, 0.4) is 0 Å². The topological polar surface area (TPSA) is 26.3 Å². The van der Waals surface area contributed by atoms with E-state index in [4.69, 9.17) is 4.74 Å². The average molecular weight is 324 g/mol. The fraction of sp³-hybridized carbons (Fsp3) is 0.938. The highest BCUT2D eigenvalue weighted by atomic mass is 32.2. The molecular weight excluding hydrogens is 294 g/mol. The molecule has 5 heteroatoms. The first kappa shape index (κ1) is 20.7. The molecule has 0 aromatic rings. The maximum absolute atomic E-state index is 13.7. The third kappa shape index (κ3) is 9.33. The molecule has 0 saturated heterocycles. The van der Waals surface area contributed by atoms with Crippen LogP contribution in [0.5, 0.6) is 0 Å². The van der Waals surface area contributed by atoms with E-state index in [2.05, 4.69) is 0 Å². The fourth-order valence-corrected chi connectivity index (χ4v) is 3.04. The van der Waals surface area contributed by atoms with E-state index in [0.717, 1.165) is 6.42 Å². The van der Waals surface area contributed by atoms with Crippen LogP contribution in [0.2, 0.25) is 0 Å². The second-order valence-electron chi connectivity index (χ2n) is 6.22. The predicted molar refractivity (Wildman–Crippen MR) is 86.0 cm³/mol. The van der Waals surface area contributed by atoms with E-state index < -0.39 is 11.8 Å². The molecule has 0 aliphatic carbocycles. The Bertz CT molecular complexity index is 307. The summed E-state index contributed by atoms with van der Waals surface area (Å²) in [5.41, 5.74) is 0. The van der Waals surface area contributed by atoms with Crippen molar-refractivity contribution in [3.63, 3.8) is 0 Å². The van der Waals surface area contributed by atoms with Gasteiger partial charge in [-0.3, -0.25) is 4.79 Å². The zero-order chi connectivity index (χ0) is 16.5. The molecule has 2 nitrogen and oxygen atoms in total. The van der Waals surface area contributed by atoms with E-state index in [1.165, 1.54) is 0 Å². The zero-order valence-corrected chi connectivity index (χ0v) is 14.8. The minimum atomic E-state index is -2.58. The Morgan fingerprint density at radius 3 is 2.38 bits per heavy atom. The number of rotatable bonds is 11. The van der Waals surface area contributed by atoms with E-state index in [1.54, 1.807) is 25.6 Å². The Kier molecular flexibility index (Phi) is 9.50. The van der Waals surface area contributed by atoms with Gasteiger partial charge in [0.05, 0.1) is 0 Å². The van der Waals surface area contributed by atoms with Gasteiger partial charge in [-0.2, -0.15) is 11.8 Å². The molecule has 0 heterocycles. The molecular formula is C16H30F2O2S. The summed E-state index contributed by atoms with van der Waals surface area (Å²) in [6.45, 7) is 9.61. The maximum Gasteiger partial charge on any atom is 0.305 e. The molecule has 0 aromatic carbocycles. The second kappa shape index (κ2) is 9.65. The van der Waals surface area contributed by atoms with Gasteiger partial charge in [0.25, 0.3) is 5.92 Å². The lowest BCUT2D eigenvalue weighted by atomic mass is 9.97. The fourth-order valence-electron chi connectivity index (χ4n) is 1.88. The van der Waals surface area contributed by atoms with Crippen molar-refractivity contribution in [3.05, 3.63) is 0 Å². The third-order valence-corrected chi connectivity index (χ3v) is 4.72. The molecule has 126 valence electrons. The summed E-state index contributed by atoms with van der Waals surface area (Å²) >= 11 is 1.59. The second-order valence-corrected chi connectivity index (χ2v) is 8.02. The Hall–Kier alpha value is -0.320. The smallest absolute Gasteiger partial charge is 0.305 e. The van der Waals surface area contributed by atoms with Crippen LogP contribution in [-0.2, 0) is 9.53 Å². The molecule has 0 bridgehead atoms. The van der Waals surface area contributed by atoms with Gasteiger partial charge in [0.2, 0.25) is 0 Å². The van der Waals surface area contributed by atoms with Gasteiger partial charge >= 0.3 is 5.97 Å². The SMILES string of the molecule is CCCC(=O)OCC(C)(C)SCCC(C)C(F)(F)CCC. The summed E-state index contributed by atoms with van der Waals surface area (Å²) in [5.74, 6) is -2.72. The van der Waals surface area contributed by atoms with Crippen LogP contribution < -0.4 is 0 Å². The van der Waals surface area contributed by atoms with Crippen LogP contribution in [0.25, 0.3) is 0 Å². The first-order chi connectivity index (χ1) is 9.64. The molecule has 0 aliphatic rings. The summed E-state index contributed by atoms with van der Waals surface area (Å²) in [7, 11) is 0. The molecule has 0 aromatic heterocycles. The van der Waals surface area contributed by atoms with Gasteiger partial charge in [-0.1, -0.05) is 27.2 Å². The van der Waals surface area contributed by atoms with Crippen molar-refractivity contribution in [1.82, 2.24) is 0 Å². The van der Waals surface area contributed by atoms with Crippen LogP contribution in [0, 0.1) is 5.92 Å². The Morgan fingerprint density at radius 2 is 1.86 bits per heavy atom. The molecule has 0 fully saturated rings. The number of carbonyl (C=O) groups is 1. The lowest BCUT2D eigenvalue weighted by molar-refractivity contribution is -0.144. The van der Waals surface area contributed by atoms with Crippen molar-refractivity contribution in [3.8, 4) is 0 Å². The number of halogens is 2. The van der Waals surface area contributed by atoms with Crippen molar-refractivity contribution in [2.75, 3.05) is 12.4 Å². The van der Waals surface area contributed by atoms with Crippen molar-refractivity contribution in [2.45, 2.75) is 77.4 Å². The van der Waals surface area contributed by atoms with E-state index >= 15 is 0 Å². The number of hydrogen-bond acceptors (Lipinski definition) is 3. The standard InChI is InChI=1S/C16H30F2O2S/c1-6-8-14(19)20-12-15(4,5)21-11-9-13(3)16(17,18)10-7-2/h13H,6-12H2,1-5H3. The van der Waals surface area contributed by atoms with Gasteiger partial charge in [-0.15, -0.1) is 0 Å². The van der Waals surface area contributed by atoms with E-state index in [9.17, 15) is 13.6 Å². The number of hydrogen-bond donors (Lipinski definition) is 0. The maximum atomic E-state index is 13.7. The first-order valence-corrected chi connectivity index (χ1v) is 8.80. The van der Waals surface area contributed by atoms with Gasteiger partial charge < -0.3 is 4.74 Å². The van der Waals surface area contributed by atoms with Crippen molar-refractivity contribution >= 4 is 17.7 Å². The zero-order valence-electron chi connectivity index (χ0n) is 14.0. The van der Waals surface area contributed by atoms with Gasteiger partial charge in [0.15, 0.2) is 0 Å². The van der Waals surface area contributed by atoms with Crippen molar-refractivity contribution in [2.24, 2.45) is 5.92 Å². The molecule has 0 amide bonds. The van der Waals surface area contributed by atoms with Crippen LogP contribution >= 0.6 is 11.8 Å². The van der Waals surface area contributed by atoms with E-state index in [0.29, 0.717) is 31.6 Å². The third-order valence-electron chi connectivity index (χ3n) is 3.38. The lowest BCUT2D eigenvalue weighted by Gasteiger charge is -2.27. The summed E-state index contributed by atoms with van der Waals surface area (Å²) in [5, 5.41) is 0. The molecule has 21 heavy (non-hydrogen) atoms. The summed E-state index contributed by atoms with van der Waals surface area (Å²) in [6.07, 6.45) is 2.14. The molecule has 0 radical (unpaired) electrons. The highest BCUT2D eigenvalue weighted by Crippen LogP contribution is 2.34. The van der Waals surface area contributed by atoms with Crippen LogP contribution in [-0.4, -0.2) is 29.0 Å². The number of alkyl halides is 2. The Labute approximate surface area is 132 Å². The van der Waals surface area contributed by atoms with Gasteiger partial charge in [0.1, 0.15) is 6.61 Å². The molecule has 0 saturated carbocycles. The predicted octanol–water partition coefficient (Wildman–Crippen LogP) is 5.30. The summed E-state index contributed by atoms with van der Waals surface area (Å²) in [6, 6.07) is 0. The molecule has 0 spiro atoms. The van der Waals surface area contributed by atoms with Crippen LogP contribution in [0.1, 0.15) is 66.7 Å². The normalized spacial score (nSPS) is 14.0. The van der Waals surface area contributed by atoms with E-state index in [-0.39, 0.29) is 17.1 Å². The van der Waals surface area contributed by atoms with E-state index in [1.807, 2.05) is 20.8 Å². The number of ether oxygens (including phenoxy) is 1. The summed E-state index contributed by atoms with van der Waals surface area (Å²) in [4.78, 5) is 11.3. The summed E-state index contributed by atoms with van der Waals surface area (Å²) < 4.78 is 32.4. The highest BCUT2D eigenvalue weighted by molar-refractivity contribution is 8.00. The molecule has 0 aliphatic heterocycles. The van der Waals surface area contributed by atoms with Crippen LogP contribution in [0.15, 0.2) is 0 Å². The molecule has 0 N–H and O–H groups in total. The number of thioether (sulfide) groups is 1. The Balaban J connectivity index is 4.05. The number of carbonyl (C=O) groups excluding carboxylic acids is 1. The van der Waals surface area contributed by atoms with Gasteiger partial charge in [-0.05, 0) is 32.4 Å². The van der Waals surface area contributed by atoms with Crippen molar-refractivity contribution < 1.29 is 18.3 Å². The average Bonchev–Trinajstić information content (AvgIpc) is 2.36. The molecule has 0 rings (SSSR count). The van der Waals surface area contributed by atoms with Crippen LogP contribution in [0.4, 0.5) is 8.78 Å². The quantitative estimate of drug-likeness (QED) is 0.482. The largest absolute Gasteiger partial charge is 0.464 e. The minimum Gasteiger partial charge on any atom is -0.464 e. The first-order valence-electron chi connectivity index (χ1n) is 7.82. The Morgan fingerprint density at radius 1 is 1.24 bits per heavy atom. The van der Waals surface area contributed by atoms with Gasteiger partial charge in [-0.25, -0.2) is 8.78 Å². The van der Waals surface area contributed by atoms with Crippen molar-refractivity contribution in [1.29, 1.82) is 0 Å². The monoisotopic (exact) mass is 324 g/mol. The molecule has 1 atom stereocenters. The lowest BCUT2D eigenvalue weighted by Crippen LogP contribution is -2.28. The molecule has 1 unspecified atom stereocenters. The highest BCUT2D eigenvalue weighted by Gasteiger charge is 2.35.